The van der Waals surface area contributed by atoms with Crippen LogP contribution in [0.5, 0.6) is 0 Å². The SMILES string of the molecule is C=C/C=C(\C=C)c1nc2ccccc2c(=N)n1[C@H](C)c1ccccc1. The fraction of sp³-hybridized carbons (Fsp3) is 0.0909. The second kappa shape index (κ2) is 7.14. The number of nitrogens with one attached hydrogen (secondary N) is 1. The van der Waals surface area contributed by atoms with E-state index in [9.17, 15) is 0 Å². The van der Waals surface area contributed by atoms with E-state index < -0.39 is 0 Å². The van der Waals surface area contributed by atoms with Gasteiger partial charge in [-0.15, -0.1) is 0 Å². The third-order valence-electron chi connectivity index (χ3n) is 4.30. The Bertz CT molecular complexity index is 1010. The molecule has 3 nitrogen and oxygen atoms in total. The van der Waals surface area contributed by atoms with Crippen molar-refractivity contribution in [2.45, 2.75) is 13.0 Å². The fourth-order valence-corrected chi connectivity index (χ4v) is 3.00. The van der Waals surface area contributed by atoms with Gasteiger partial charge >= 0.3 is 0 Å². The molecule has 2 aromatic carbocycles. The van der Waals surface area contributed by atoms with E-state index in [1.807, 2.05) is 53.1 Å². The molecule has 25 heavy (non-hydrogen) atoms. The number of hydrogen-bond donors (Lipinski definition) is 1. The number of fused-ring (bicyclic) bond motifs is 1. The van der Waals surface area contributed by atoms with Crippen LogP contribution in [0, 0.1) is 5.41 Å². The lowest BCUT2D eigenvalue weighted by atomic mass is 10.1. The molecule has 0 unspecified atom stereocenters. The molecule has 0 radical (unpaired) electrons. The summed E-state index contributed by atoms with van der Waals surface area (Å²) in [4.78, 5) is 4.83. The van der Waals surface area contributed by atoms with E-state index in [-0.39, 0.29) is 6.04 Å². The molecule has 0 fully saturated rings. The van der Waals surface area contributed by atoms with Crippen molar-refractivity contribution in [2.75, 3.05) is 0 Å². The normalized spacial score (nSPS) is 12.8. The molecule has 0 aliphatic carbocycles. The van der Waals surface area contributed by atoms with Crippen LogP contribution in [0.25, 0.3) is 16.5 Å². The van der Waals surface area contributed by atoms with Gasteiger partial charge in [0.25, 0.3) is 0 Å². The number of hydrogen-bond acceptors (Lipinski definition) is 2. The van der Waals surface area contributed by atoms with Gasteiger partial charge in [0.15, 0.2) is 0 Å². The number of benzene rings is 2. The molecule has 0 amide bonds. The average molecular weight is 327 g/mol. The van der Waals surface area contributed by atoms with Crippen LogP contribution < -0.4 is 5.49 Å². The highest BCUT2D eigenvalue weighted by Gasteiger charge is 2.17. The Morgan fingerprint density at radius 3 is 2.44 bits per heavy atom. The van der Waals surface area contributed by atoms with Crippen molar-refractivity contribution in [3.63, 3.8) is 0 Å². The molecule has 3 heteroatoms. The lowest BCUT2D eigenvalue weighted by Crippen LogP contribution is -2.28. The van der Waals surface area contributed by atoms with Crippen molar-refractivity contribution in [2.24, 2.45) is 0 Å². The lowest BCUT2D eigenvalue weighted by molar-refractivity contribution is 0.587. The maximum absolute atomic E-state index is 8.80. The van der Waals surface area contributed by atoms with Crippen molar-refractivity contribution in [3.05, 3.63) is 103 Å². The summed E-state index contributed by atoms with van der Waals surface area (Å²) in [7, 11) is 0. The highest BCUT2D eigenvalue weighted by molar-refractivity contribution is 5.80. The van der Waals surface area contributed by atoms with Gasteiger partial charge in [0.1, 0.15) is 11.3 Å². The van der Waals surface area contributed by atoms with Crippen molar-refractivity contribution in [3.8, 4) is 0 Å². The molecule has 0 aliphatic rings. The Morgan fingerprint density at radius 2 is 1.76 bits per heavy atom. The van der Waals surface area contributed by atoms with Crippen LogP contribution in [-0.2, 0) is 0 Å². The van der Waals surface area contributed by atoms with Gasteiger partial charge in [-0.05, 0) is 24.6 Å². The lowest BCUT2D eigenvalue weighted by Gasteiger charge is -2.22. The molecule has 1 aromatic heterocycles. The highest BCUT2D eigenvalue weighted by atomic mass is 15.1. The molecule has 1 heterocycles. The molecule has 3 aromatic rings. The van der Waals surface area contributed by atoms with Crippen molar-refractivity contribution in [1.29, 1.82) is 5.41 Å². The number of nitrogens with zero attached hydrogens (tertiary/aromatic N) is 2. The van der Waals surface area contributed by atoms with Gasteiger partial charge in [-0.1, -0.05) is 73.9 Å². The minimum atomic E-state index is -0.0334. The number of aromatic nitrogens is 2. The molecule has 3 rings (SSSR count). The Labute approximate surface area is 147 Å². The first-order chi connectivity index (χ1) is 12.2. The first kappa shape index (κ1) is 16.7. The third-order valence-corrected chi connectivity index (χ3v) is 4.30. The summed E-state index contributed by atoms with van der Waals surface area (Å²) in [6, 6.07) is 17.9. The molecule has 0 saturated carbocycles. The van der Waals surface area contributed by atoms with Crippen LogP contribution in [0.1, 0.15) is 24.4 Å². The highest BCUT2D eigenvalue weighted by Crippen LogP contribution is 2.23. The van der Waals surface area contributed by atoms with Crippen molar-refractivity contribution in [1.82, 2.24) is 9.55 Å². The third kappa shape index (κ3) is 3.09. The van der Waals surface area contributed by atoms with Crippen LogP contribution in [0.15, 0.2) is 86.0 Å². The molecule has 1 atom stereocenters. The maximum atomic E-state index is 8.80. The van der Waals surface area contributed by atoms with E-state index in [0.29, 0.717) is 5.49 Å². The summed E-state index contributed by atoms with van der Waals surface area (Å²) < 4.78 is 1.95. The van der Waals surface area contributed by atoms with Crippen LogP contribution in [-0.4, -0.2) is 9.55 Å². The van der Waals surface area contributed by atoms with Crippen LogP contribution in [0.2, 0.25) is 0 Å². The molecule has 0 bridgehead atoms. The predicted molar refractivity (Wildman–Crippen MR) is 104 cm³/mol. The maximum Gasteiger partial charge on any atom is 0.142 e. The van der Waals surface area contributed by atoms with Gasteiger partial charge in [0, 0.05) is 11.0 Å². The summed E-state index contributed by atoms with van der Waals surface area (Å²) >= 11 is 0. The smallest absolute Gasteiger partial charge is 0.142 e. The minimum Gasteiger partial charge on any atom is -0.303 e. The Kier molecular flexibility index (Phi) is 4.75. The zero-order valence-corrected chi connectivity index (χ0v) is 14.3. The van der Waals surface area contributed by atoms with E-state index in [1.54, 1.807) is 12.2 Å². The van der Waals surface area contributed by atoms with Crippen LogP contribution >= 0.6 is 0 Å². The Balaban J connectivity index is 2.36. The van der Waals surface area contributed by atoms with Gasteiger partial charge in [-0.3, -0.25) is 5.41 Å². The number of para-hydroxylation sites is 1. The summed E-state index contributed by atoms with van der Waals surface area (Å²) in [5.41, 5.74) is 3.21. The van der Waals surface area contributed by atoms with Crippen LogP contribution in [0.3, 0.4) is 0 Å². The van der Waals surface area contributed by atoms with Gasteiger partial charge in [0.05, 0.1) is 11.6 Å². The van der Waals surface area contributed by atoms with E-state index in [1.165, 1.54) is 0 Å². The number of allylic oxidation sites excluding steroid dienone is 4. The number of rotatable bonds is 5. The van der Waals surface area contributed by atoms with Gasteiger partial charge in [-0.25, -0.2) is 4.98 Å². The molecule has 124 valence electrons. The zero-order chi connectivity index (χ0) is 17.8. The molecule has 1 N–H and O–H groups in total. The molecule has 0 spiro atoms. The molecular formula is C22H21N3. The van der Waals surface area contributed by atoms with E-state index in [2.05, 4.69) is 32.2 Å². The van der Waals surface area contributed by atoms with Gasteiger partial charge in [-0.2, -0.15) is 0 Å². The van der Waals surface area contributed by atoms with Crippen LogP contribution in [0.4, 0.5) is 0 Å². The Hall–Kier alpha value is -3.20. The van der Waals surface area contributed by atoms with Crippen molar-refractivity contribution < 1.29 is 0 Å². The van der Waals surface area contributed by atoms with Gasteiger partial charge < -0.3 is 4.57 Å². The summed E-state index contributed by atoms with van der Waals surface area (Å²) in [6.45, 7) is 9.78. The first-order valence-electron chi connectivity index (χ1n) is 8.23. The average Bonchev–Trinajstić information content (AvgIpc) is 2.66. The summed E-state index contributed by atoms with van der Waals surface area (Å²) in [5, 5.41) is 9.63. The molecule has 0 aliphatic heterocycles. The van der Waals surface area contributed by atoms with Gasteiger partial charge in [0.2, 0.25) is 0 Å². The quantitative estimate of drug-likeness (QED) is 0.667. The second-order valence-electron chi connectivity index (χ2n) is 5.82. The fourth-order valence-electron chi connectivity index (χ4n) is 3.00. The summed E-state index contributed by atoms with van der Waals surface area (Å²) in [5.74, 6) is 0.718. The second-order valence-corrected chi connectivity index (χ2v) is 5.82. The Morgan fingerprint density at radius 1 is 1.08 bits per heavy atom. The topological polar surface area (TPSA) is 41.7 Å². The monoisotopic (exact) mass is 327 g/mol. The largest absolute Gasteiger partial charge is 0.303 e. The summed E-state index contributed by atoms with van der Waals surface area (Å²) in [6.07, 6.45) is 5.35. The molecule has 0 saturated heterocycles. The van der Waals surface area contributed by atoms with E-state index >= 15 is 0 Å². The zero-order valence-electron chi connectivity index (χ0n) is 14.3. The first-order valence-corrected chi connectivity index (χ1v) is 8.23. The minimum absolute atomic E-state index is 0.0334. The molecular weight excluding hydrogens is 306 g/mol. The van der Waals surface area contributed by atoms with E-state index in [0.717, 1.165) is 27.9 Å². The predicted octanol–water partition coefficient (Wildman–Crippen LogP) is 4.88. The van der Waals surface area contributed by atoms with Crippen molar-refractivity contribution >= 4 is 16.5 Å². The standard InChI is InChI=1S/C22H21N3/c1-4-11-17(5-2)22-24-20-15-10-9-14-19(20)21(23)25(22)16(3)18-12-7-6-8-13-18/h4-16,23H,1-2H2,3H3/b17-11+,23-21?/t16-/m1/s1. The van der Waals surface area contributed by atoms with E-state index in [4.69, 9.17) is 10.4 Å².